The summed E-state index contributed by atoms with van der Waals surface area (Å²) in [5.41, 5.74) is 4.20. The maximum atomic E-state index is 4.77. The van der Waals surface area contributed by atoms with Gasteiger partial charge in [-0.25, -0.2) is 4.98 Å². The van der Waals surface area contributed by atoms with Crippen LogP contribution in [-0.2, 0) is 12.8 Å². The molecule has 0 aromatic carbocycles. The molecule has 2 rings (SSSR count). The van der Waals surface area contributed by atoms with Crippen molar-refractivity contribution in [1.82, 2.24) is 4.98 Å². The lowest BCUT2D eigenvalue weighted by Gasteiger charge is -2.16. The van der Waals surface area contributed by atoms with Gasteiger partial charge in [0.2, 0.25) is 0 Å². The van der Waals surface area contributed by atoms with E-state index < -0.39 is 0 Å². The van der Waals surface area contributed by atoms with Crippen LogP contribution in [0.4, 0.5) is 5.82 Å². The Bertz CT molecular complexity index is 381. The first-order valence-electron chi connectivity index (χ1n) is 6.37. The highest BCUT2D eigenvalue weighted by molar-refractivity contribution is 5.52. The van der Waals surface area contributed by atoms with Gasteiger partial charge in [-0.2, -0.15) is 0 Å². The first kappa shape index (κ1) is 11.4. The number of nitrogens with zero attached hydrogens (tertiary/aromatic N) is 1. The molecule has 16 heavy (non-hydrogen) atoms. The van der Waals surface area contributed by atoms with Gasteiger partial charge in [-0.3, -0.25) is 0 Å². The highest BCUT2D eigenvalue weighted by atomic mass is 15.0. The van der Waals surface area contributed by atoms with E-state index in [0.717, 1.165) is 5.82 Å². The number of hydrogen-bond acceptors (Lipinski definition) is 2. The summed E-state index contributed by atoms with van der Waals surface area (Å²) in [6, 6.07) is 2.76. The summed E-state index contributed by atoms with van der Waals surface area (Å²) in [4.78, 5) is 4.77. The minimum absolute atomic E-state index is 0.458. The molecule has 1 aromatic heterocycles. The number of aryl methyl sites for hydroxylation is 1. The van der Waals surface area contributed by atoms with Gasteiger partial charge in [0.15, 0.2) is 0 Å². The molecular weight excluding hydrogens is 196 g/mol. The lowest BCUT2D eigenvalue weighted by Crippen LogP contribution is -2.14. The fourth-order valence-corrected chi connectivity index (χ4v) is 2.29. The quantitative estimate of drug-likeness (QED) is 0.839. The molecule has 1 aliphatic rings. The first-order chi connectivity index (χ1) is 7.58. The Balaban J connectivity index is 2.41. The van der Waals surface area contributed by atoms with Gasteiger partial charge in [-0.15, -0.1) is 0 Å². The van der Waals surface area contributed by atoms with Crippen molar-refractivity contribution in [2.45, 2.75) is 58.9 Å². The molecule has 0 saturated heterocycles. The molecule has 0 radical (unpaired) electrons. The summed E-state index contributed by atoms with van der Waals surface area (Å²) >= 11 is 0. The number of fused-ring (bicyclic) bond motifs is 1. The molecule has 0 atom stereocenters. The van der Waals surface area contributed by atoms with Crippen molar-refractivity contribution < 1.29 is 0 Å². The van der Waals surface area contributed by atoms with Crippen molar-refractivity contribution in [3.8, 4) is 0 Å². The Kier molecular flexibility index (Phi) is 3.17. The predicted molar refractivity (Wildman–Crippen MR) is 69.1 cm³/mol. The number of pyridine rings is 1. The second-order valence-electron chi connectivity index (χ2n) is 5.34. The van der Waals surface area contributed by atoms with Crippen molar-refractivity contribution >= 4 is 5.82 Å². The summed E-state index contributed by atoms with van der Waals surface area (Å²) in [6.07, 6.45) is 3.70. The second kappa shape index (κ2) is 4.44. The predicted octanol–water partition coefficient (Wildman–Crippen LogP) is 3.51. The van der Waals surface area contributed by atoms with E-state index in [1.807, 2.05) is 0 Å². The van der Waals surface area contributed by atoms with Crippen molar-refractivity contribution in [2.24, 2.45) is 0 Å². The van der Waals surface area contributed by atoms with E-state index in [9.17, 15) is 0 Å². The summed E-state index contributed by atoms with van der Waals surface area (Å²) in [5.74, 6) is 1.65. The SMILES string of the molecule is CC(C)Nc1nc(C(C)C)cc2c1CCC2. The monoisotopic (exact) mass is 218 g/mol. The molecule has 0 spiro atoms. The van der Waals surface area contributed by atoms with Gasteiger partial charge in [0.1, 0.15) is 5.82 Å². The lowest BCUT2D eigenvalue weighted by atomic mass is 10.0. The van der Waals surface area contributed by atoms with Gasteiger partial charge < -0.3 is 5.32 Å². The number of hydrogen-bond donors (Lipinski definition) is 1. The minimum atomic E-state index is 0.458. The minimum Gasteiger partial charge on any atom is -0.368 e. The van der Waals surface area contributed by atoms with Crippen LogP contribution in [0.3, 0.4) is 0 Å². The van der Waals surface area contributed by atoms with Crippen LogP contribution in [0.25, 0.3) is 0 Å². The van der Waals surface area contributed by atoms with Gasteiger partial charge in [0.05, 0.1) is 0 Å². The van der Waals surface area contributed by atoms with Crippen molar-refractivity contribution in [3.63, 3.8) is 0 Å². The van der Waals surface area contributed by atoms with E-state index in [4.69, 9.17) is 4.98 Å². The Hall–Kier alpha value is -1.05. The summed E-state index contributed by atoms with van der Waals surface area (Å²) in [7, 11) is 0. The molecule has 0 unspecified atom stereocenters. The summed E-state index contributed by atoms with van der Waals surface area (Å²) < 4.78 is 0. The standard InChI is InChI=1S/C14H22N2/c1-9(2)13-8-11-6-5-7-12(11)14(16-13)15-10(3)4/h8-10H,5-7H2,1-4H3,(H,15,16). The van der Waals surface area contributed by atoms with Crippen LogP contribution >= 0.6 is 0 Å². The molecule has 2 nitrogen and oxygen atoms in total. The van der Waals surface area contributed by atoms with Crippen LogP contribution in [0.1, 0.15) is 56.9 Å². The molecular formula is C14H22N2. The molecule has 88 valence electrons. The Labute approximate surface area is 98.5 Å². The van der Waals surface area contributed by atoms with Crippen LogP contribution in [0.2, 0.25) is 0 Å². The number of anilines is 1. The second-order valence-corrected chi connectivity index (χ2v) is 5.34. The zero-order valence-electron chi connectivity index (χ0n) is 10.8. The molecule has 2 heteroatoms. The van der Waals surface area contributed by atoms with E-state index >= 15 is 0 Å². The van der Waals surface area contributed by atoms with E-state index in [1.165, 1.54) is 36.1 Å². The van der Waals surface area contributed by atoms with Gasteiger partial charge in [-0.1, -0.05) is 13.8 Å². The summed E-state index contributed by atoms with van der Waals surface area (Å²) in [5, 5.41) is 3.49. The normalized spacial score (nSPS) is 14.6. The number of nitrogens with one attached hydrogen (secondary N) is 1. The molecule has 0 amide bonds. The van der Waals surface area contributed by atoms with Crippen LogP contribution in [-0.4, -0.2) is 11.0 Å². The van der Waals surface area contributed by atoms with Crippen LogP contribution < -0.4 is 5.32 Å². The zero-order valence-corrected chi connectivity index (χ0v) is 10.8. The fourth-order valence-electron chi connectivity index (χ4n) is 2.29. The Morgan fingerprint density at radius 2 is 1.94 bits per heavy atom. The topological polar surface area (TPSA) is 24.9 Å². The van der Waals surface area contributed by atoms with E-state index in [2.05, 4.69) is 39.1 Å². The Morgan fingerprint density at radius 1 is 1.19 bits per heavy atom. The molecule has 1 N–H and O–H groups in total. The van der Waals surface area contributed by atoms with Gasteiger partial charge in [0.25, 0.3) is 0 Å². The third-order valence-electron chi connectivity index (χ3n) is 3.13. The molecule has 1 aromatic rings. The molecule has 0 bridgehead atoms. The average molecular weight is 218 g/mol. The lowest BCUT2D eigenvalue weighted by molar-refractivity contribution is 0.809. The maximum Gasteiger partial charge on any atom is 0.129 e. The smallest absolute Gasteiger partial charge is 0.129 e. The molecule has 0 aliphatic heterocycles. The average Bonchev–Trinajstić information content (AvgIpc) is 2.64. The number of rotatable bonds is 3. The molecule has 0 saturated carbocycles. The van der Waals surface area contributed by atoms with Crippen molar-refractivity contribution in [3.05, 3.63) is 22.9 Å². The molecule has 1 aliphatic carbocycles. The van der Waals surface area contributed by atoms with Crippen molar-refractivity contribution in [1.29, 1.82) is 0 Å². The highest BCUT2D eigenvalue weighted by Crippen LogP contribution is 2.30. The highest BCUT2D eigenvalue weighted by Gasteiger charge is 2.18. The fraction of sp³-hybridized carbons (Fsp3) is 0.643. The maximum absolute atomic E-state index is 4.77. The summed E-state index contributed by atoms with van der Waals surface area (Å²) in [6.45, 7) is 8.77. The third-order valence-corrected chi connectivity index (χ3v) is 3.13. The van der Waals surface area contributed by atoms with Gasteiger partial charge in [-0.05, 0) is 56.2 Å². The van der Waals surface area contributed by atoms with E-state index in [0.29, 0.717) is 12.0 Å². The van der Waals surface area contributed by atoms with Gasteiger partial charge in [0, 0.05) is 11.7 Å². The Morgan fingerprint density at radius 3 is 2.56 bits per heavy atom. The first-order valence-corrected chi connectivity index (χ1v) is 6.37. The van der Waals surface area contributed by atoms with Crippen molar-refractivity contribution in [2.75, 3.05) is 5.32 Å². The molecule has 1 heterocycles. The molecule has 0 fully saturated rings. The van der Waals surface area contributed by atoms with E-state index in [-0.39, 0.29) is 0 Å². The third kappa shape index (κ3) is 2.21. The largest absolute Gasteiger partial charge is 0.368 e. The van der Waals surface area contributed by atoms with Crippen LogP contribution in [0.5, 0.6) is 0 Å². The van der Waals surface area contributed by atoms with E-state index in [1.54, 1.807) is 0 Å². The van der Waals surface area contributed by atoms with Crippen LogP contribution in [0.15, 0.2) is 6.07 Å². The van der Waals surface area contributed by atoms with Gasteiger partial charge >= 0.3 is 0 Å². The number of aromatic nitrogens is 1. The van der Waals surface area contributed by atoms with Crippen LogP contribution in [0, 0.1) is 0 Å². The zero-order chi connectivity index (χ0) is 11.7.